The van der Waals surface area contributed by atoms with Crippen LogP contribution in [0.4, 0.5) is 0 Å². The Hall–Kier alpha value is -0.610. The van der Waals surface area contributed by atoms with Gasteiger partial charge in [0.25, 0.3) is 0 Å². The average Bonchev–Trinajstić information content (AvgIpc) is 1.98. The lowest BCUT2D eigenvalue weighted by Crippen LogP contribution is -2.60. The lowest BCUT2D eigenvalue weighted by molar-refractivity contribution is -0.179. The van der Waals surface area contributed by atoms with Crippen LogP contribution in [0.1, 0.15) is 20.8 Å². The zero-order valence-corrected chi connectivity index (χ0v) is 8.33. The summed E-state index contributed by atoms with van der Waals surface area (Å²) in [6.45, 7) is 6.98. The summed E-state index contributed by atoms with van der Waals surface area (Å²) in [4.78, 5) is 10.8. The van der Waals surface area contributed by atoms with Crippen molar-refractivity contribution < 1.29 is 14.6 Å². The van der Waals surface area contributed by atoms with E-state index < -0.39 is 17.4 Å². The normalized spacial score (nSPS) is 23.4. The van der Waals surface area contributed by atoms with Crippen molar-refractivity contribution in [1.29, 1.82) is 0 Å². The zero-order valence-electron chi connectivity index (χ0n) is 8.33. The van der Waals surface area contributed by atoms with Gasteiger partial charge in [0.05, 0.1) is 13.2 Å². The van der Waals surface area contributed by atoms with Crippen LogP contribution in [0.5, 0.6) is 0 Å². The summed E-state index contributed by atoms with van der Waals surface area (Å²) in [6.07, 6.45) is 0. The van der Waals surface area contributed by atoms with Gasteiger partial charge in [-0.3, -0.25) is 4.79 Å². The van der Waals surface area contributed by atoms with E-state index in [4.69, 9.17) is 15.6 Å². The highest BCUT2D eigenvalue weighted by atomic mass is 16.5. The Labute approximate surface area is 78.1 Å². The van der Waals surface area contributed by atoms with Gasteiger partial charge in [-0.25, -0.2) is 0 Å². The molecule has 1 atom stereocenters. The van der Waals surface area contributed by atoms with Crippen molar-refractivity contribution in [2.75, 3.05) is 13.2 Å². The van der Waals surface area contributed by atoms with Crippen molar-refractivity contribution in [1.82, 2.24) is 0 Å². The number of ether oxygens (including phenoxy) is 1. The summed E-state index contributed by atoms with van der Waals surface area (Å²) in [5.41, 5.74) is 5.09. The van der Waals surface area contributed by atoms with E-state index in [-0.39, 0.29) is 5.41 Å². The van der Waals surface area contributed by atoms with Crippen LogP contribution in [-0.4, -0.2) is 30.3 Å². The second kappa shape index (κ2) is 2.96. The number of rotatable bonds is 3. The summed E-state index contributed by atoms with van der Waals surface area (Å²) >= 11 is 0. The maximum Gasteiger partial charge on any atom is 0.321 e. The molecule has 1 saturated heterocycles. The van der Waals surface area contributed by atoms with E-state index in [0.717, 1.165) is 0 Å². The number of hydrogen-bond donors (Lipinski definition) is 2. The SMILES string of the molecule is CC1(C(C)(C)C(N)C(=O)O)COC1. The van der Waals surface area contributed by atoms with Gasteiger partial charge in [-0.1, -0.05) is 20.8 Å². The molecule has 4 heteroatoms. The van der Waals surface area contributed by atoms with Crippen molar-refractivity contribution in [3.05, 3.63) is 0 Å². The van der Waals surface area contributed by atoms with Gasteiger partial charge < -0.3 is 15.6 Å². The first-order valence-electron chi connectivity index (χ1n) is 4.37. The molecule has 0 saturated carbocycles. The van der Waals surface area contributed by atoms with Crippen LogP contribution in [0.3, 0.4) is 0 Å². The average molecular weight is 187 g/mol. The predicted molar refractivity (Wildman–Crippen MR) is 48.3 cm³/mol. The molecule has 1 fully saturated rings. The summed E-state index contributed by atoms with van der Waals surface area (Å²) < 4.78 is 5.11. The van der Waals surface area contributed by atoms with Crippen molar-refractivity contribution >= 4 is 5.97 Å². The van der Waals surface area contributed by atoms with Crippen LogP contribution in [0.15, 0.2) is 0 Å². The van der Waals surface area contributed by atoms with Gasteiger partial charge in [-0.2, -0.15) is 0 Å². The van der Waals surface area contributed by atoms with E-state index in [9.17, 15) is 4.79 Å². The second-order valence-electron chi connectivity index (χ2n) is 4.59. The number of carboxylic acid groups (broad SMARTS) is 1. The van der Waals surface area contributed by atoms with E-state index >= 15 is 0 Å². The van der Waals surface area contributed by atoms with Gasteiger partial charge in [-0.15, -0.1) is 0 Å². The molecule has 0 aliphatic carbocycles. The molecule has 0 aromatic rings. The molecular weight excluding hydrogens is 170 g/mol. The molecule has 0 bridgehead atoms. The molecule has 4 nitrogen and oxygen atoms in total. The zero-order chi connectivity index (χ0) is 10.3. The molecule has 13 heavy (non-hydrogen) atoms. The molecule has 1 aliphatic rings. The van der Waals surface area contributed by atoms with Crippen LogP contribution in [0.25, 0.3) is 0 Å². The number of carboxylic acids is 1. The third-order valence-electron chi connectivity index (χ3n) is 3.44. The Bertz CT molecular complexity index is 221. The lowest BCUT2D eigenvalue weighted by Gasteiger charge is -2.51. The fourth-order valence-corrected chi connectivity index (χ4v) is 1.46. The topological polar surface area (TPSA) is 72.6 Å². The maximum atomic E-state index is 10.8. The van der Waals surface area contributed by atoms with Crippen molar-refractivity contribution in [3.63, 3.8) is 0 Å². The molecule has 1 unspecified atom stereocenters. The minimum Gasteiger partial charge on any atom is -0.480 e. The molecule has 1 aliphatic heterocycles. The fourth-order valence-electron chi connectivity index (χ4n) is 1.46. The summed E-state index contributed by atoms with van der Waals surface area (Å²) in [5, 5.41) is 8.83. The molecule has 0 aromatic carbocycles. The van der Waals surface area contributed by atoms with Crippen molar-refractivity contribution in [3.8, 4) is 0 Å². The molecule has 0 aromatic heterocycles. The van der Waals surface area contributed by atoms with Crippen LogP contribution in [0.2, 0.25) is 0 Å². The van der Waals surface area contributed by atoms with Crippen molar-refractivity contribution in [2.24, 2.45) is 16.6 Å². The highest BCUT2D eigenvalue weighted by molar-refractivity contribution is 5.74. The Morgan fingerprint density at radius 1 is 1.62 bits per heavy atom. The monoisotopic (exact) mass is 187 g/mol. The molecule has 76 valence electrons. The van der Waals surface area contributed by atoms with Crippen LogP contribution in [0, 0.1) is 10.8 Å². The Kier molecular flexibility index (Phi) is 2.38. The third-order valence-corrected chi connectivity index (χ3v) is 3.44. The quantitative estimate of drug-likeness (QED) is 0.673. The Morgan fingerprint density at radius 2 is 2.08 bits per heavy atom. The molecule has 0 radical (unpaired) electrons. The van der Waals surface area contributed by atoms with Crippen molar-refractivity contribution in [2.45, 2.75) is 26.8 Å². The van der Waals surface area contributed by atoms with Gasteiger partial charge in [-0.05, 0) is 0 Å². The highest BCUT2D eigenvalue weighted by Gasteiger charge is 2.52. The van der Waals surface area contributed by atoms with E-state index in [0.29, 0.717) is 13.2 Å². The molecule has 3 N–H and O–H groups in total. The number of nitrogens with two attached hydrogens (primary N) is 1. The largest absolute Gasteiger partial charge is 0.480 e. The van der Waals surface area contributed by atoms with E-state index in [1.165, 1.54) is 0 Å². The molecule has 1 heterocycles. The minimum absolute atomic E-state index is 0.106. The maximum absolute atomic E-state index is 10.8. The van der Waals surface area contributed by atoms with Gasteiger partial charge in [0.2, 0.25) is 0 Å². The molecule has 1 rings (SSSR count). The molecular formula is C9H17NO3. The number of aliphatic carboxylic acids is 1. The van der Waals surface area contributed by atoms with E-state index in [1.54, 1.807) is 0 Å². The summed E-state index contributed by atoms with van der Waals surface area (Å²) in [6, 6.07) is -0.832. The number of hydrogen-bond acceptors (Lipinski definition) is 3. The van der Waals surface area contributed by atoms with Gasteiger partial charge in [0.15, 0.2) is 0 Å². The third kappa shape index (κ3) is 1.44. The van der Waals surface area contributed by atoms with E-state index in [2.05, 4.69) is 0 Å². The smallest absolute Gasteiger partial charge is 0.321 e. The first-order valence-corrected chi connectivity index (χ1v) is 4.37. The Morgan fingerprint density at radius 3 is 2.31 bits per heavy atom. The predicted octanol–water partition coefficient (Wildman–Crippen LogP) is 0.461. The van der Waals surface area contributed by atoms with Crippen LogP contribution in [-0.2, 0) is 9.53 Å². The molecule has 0 spiro atoms. The van der Waals surface area contributed by atoms with E-state index in [1.807, 2.05) is 20.8 Å². The highest BCUT2D eigenvalue weighted by Crippen LogP contribution is 2.46. The Balaban J connectivity index is 2.80. The standard InChI is InChI=1S/C9H17NO3/c1-8(2,6(10)7(11)12)9(3)4-13-5-9/h6H,4-5,10H2,1-3H3,(H,11,12). The van der Waals surface area contributed by atoms with Crippen LogP contribution >= 0.6 is 0 Å². The molecule has 0 amide bonds. The minimum atomic E-state index is -0.946. The van der Waals surface area contributed by atoms with Crippen LogP contribution < -0.4 is 5.73 Å². The van der Waals surface area contributed by atoms with Gasteiger partial charge >= 0.3 is 5.97 Å². The number of carbonyl (C=O) groups is 1. The van der Waals surface area contributed by atoms with Gasteiger partial charge in [0.1, 0.15) is 6.04 Å². The van der Waals surface area contributed by atoms with Gasteiger partial charge in [0, 0.05) is 10.8 Å². The first-order chi connectivity index (χ1) is 5.81. The first kappa shape index (κ1) is 10.5. The second-order valence-corrected chi connectivity index (χ2v) is 4.59. The fraction of sp³-hybridized carbons (Fsp3) is 0.889. The summed E-state index contributed by atoms with van der Waals surface area (Å²) in [7, 11) is 0. The summed E-state index contributed by atoms with van der Waals surface area (Å²) in [5.74, 6) is -0.946. The lowest BCUT2D eigenvalue weighted by atomic mass is 9.61.